The summed E-state index contributed by atoms with van der Waals surface area (Å²) >= 11 is 0. The minimum absolute atomic E-state index is 0.00839. The van der Waals surface area contributed by atoms with Crippen LogP contribution in [0, 0.1) is 0 Å². The number of hydrogen-bond donors (Lipinski definition) is 0. The van der Waals surface area contributed by atoms with Crippen LogP contribution >= 0.6 is 0 Å². The Morgan fingerprint density at radius 1 is 0.697 bits per heavy atom. The third-order valence-corrected chi connectivity index (χ3v) is 6.10. The molecule has 1 aliphatic rings. The second kappa shape index (κ2) is 11.7. The summed E-state index contributed by atoms with van der Waals surface area (Å²) in [4.78, 5) is 29.7. The van der Waals surface area contributed by atoms with Gasteiger partial charge in [-0.25, -0.2) is 0 Å². The molecular weight excluding hydrogens is 416 g/mol. The highest BCUT2D eigenvalue weighted by molar-refractivity contribution is 5.95. The number of carbonyl (C=O) groups excluding carboxylic acids is 2. The molecule has 1 heterocycles. The Morgan fingerprint density at radius 2 is 1.06 bits per heavy atom. The average molecular weight is 453 g/mol. The molecule has 1 aliphatic heterocycles. The molecule has 0 radical (unpaired) electrons. The van der Waals surface area contributed by atoms with Gasteiger partial charge in [0.05, 0.1) is 12.2 Å². The smallest absolute Gasteiger partial charge is 0.253 e. The zero-order valence-corrected chi connectivity index (χ0v) is 20.3. The first kappa shape index (κ1) is 24.6. The third-order valence-electron chi connectivity index (χ3n) is 6.10. The Hall–Kier alpha value is -3.02. The van der Waals surface area contributed by atoms with Crippen molar-refractivity contribution >= 4 is 11.8 Å². The molecule has 0 aromatic heterocycles. The molecule has 0 N–H and O–H groups in total. The Balaban J connectivity index is 1.57. The monoisotopic (exact) mass is 452 g/mol. The van der Waals surface area contributed by atoms with E-state index in [9.17, 15) is 9.59 Å². The molecule has 2 aromatic rings. The fraction of sp³-hybridized carbons (Fsp3) is 0.481. The summed E-state index contributed by atoms with van der Waals surface area (Å²) in [5, 5.41) is 0. The summed E-state index contributed by atoms with van der Waals surface area (Å²) in [6.07, 6.45) is 2.90. The maximum absolute atomic E-state index is 13.0. The number of rotatable bonds is 8. The second-order valence-electron chi connectivity index (χ2n) is 8.66. The summed E-state index contributed by atoms with van der Waals surface area (Å²) < 4.78 is 11.6. The number of amides is 2. The van der Waals surface area contributed by atoms with Crippen LogP contribution < -0.4 is 9.47 Å². The van der Waals surface area contributed by atoms with Gasteiger partial charge in [0.25, 0.3) is 11.8 Å². The van der Waals surface area contributed by atoms with Crippen molar-refractivity contribution in [1.82, 2.24) is 9.80 Å². The van der Waals surface area contributed by atoms with E-state index in [0.717, 1.165) is 30.8 Å². The van der Waals surface area contributed by atoms with Crippen molar-refractivity contribution < 1.29 is 19.1 Å². The van der Waals surface area contributed by atoms with Crippen LogP contribution in [0.3, 0.4) is 0 Å². The number of nitrogens with zero attached hydrogens (tertiary/aromatic N) is 2. The predicted octanol–water partition coefficient (Wildman–Crippen LogP) is 5.03. The normalized spacial score (nSPS) is 16.0. The molecule has 2 aromatic carbocycles. The lowest BCUT2D eigenvalue weighted by atomic mass is 10.2. The zero-order valence-electron chi connectivity index (χ0n) is 20.3. The van der Waals surface area contributed by atoms with Gasteiger partial charge in [-0.15, -0.1) is 0 Å². The molecule has 1 fully saturated rings. The molecule has 2 unspecified atom stereocenters. The van der Waals surface area contributed by atoms with Gasteiger partial charge in [0.2, 0.25) is 0 Å². The molecule has 2 amide bonds. The summed E-state index contributed by atoms with van der Waals surface area (Å²) in [5.74, 6) is 1.53. The van der Waals surface area contributed by atoms with E-state index >= 15 is 0 Å². The first-order chi connectivity index (χ1) is 15.9. The molecule has 1 saturated heterocycles. The highest BCUT2D eigenvalue weighted by Crippen LogP contribution is 2.19. The summed E-state index contributed by atoms with van der Waals surface area (Å²) in [7, 11) is 0. The minimum Gasteiger partial charge on any atom is -0.491 e. The number of hydrogen-bond acceptors (Lipinski definition) is 4. The van der Waals surface area contributed by atoms with Gasteiger partial charge in [-0.1, -0.05) is 13.8 Å². The molecule has 178 valence electrons. The Morgan fingerprint density at radius 3 is 1.39 bits per heavy atom. The van der Waals surface area contributed by atoms with Gasteiger partial charge >= 0.3 is 0 Å². The Labute approximate surface area is 197 Å². The Kier molecular flexibility index (Phi) is 8.75. The molecule has 2 atom stereocenters. The van der Waals surface area contributed by atoms with Crippen molar-refractivity contribution in [3.05, 3.63) is 59.7 Å². The van der Waals surface area contributed by atoms with Crippen LogP contribution in [0.5, 0.6) is 11.5 Å². The van der Waals surface area contributed by atoms with E-state index in [1.807, 2.05) is 72.2 Å². The van der Waals surface area contributed by atoms with E-state index in [1.54, 1.807) is 0 Å². The standard InChI is InChI=1S/C27H36N2O4/c1-5-20(3)32-24-12-8-22(9-13-24)26(30)28-16-7-17-29(19-18-28)27(31)23-10-14-25(15-11-23)33-21(4)6-2/h8-15,20-21H,5-7,16-19H2,1-4H3. The molecule has 33 heavy (non-hydrogen) atoms. The zero-order chi connectivity index (χ0) is 23.8. The second-order valence-corrected chi connectivity index (χ2v) is 8.66. The van der Waals surface area contributed by atoms with Crippen LogP contribution in [-0.2, 0) is 0 Å². The molecule has 0 saturated carbocycles. The molecule has 0 bridgehead atoms. The number of carbonyl (C=O) groups is 2. The van der Waals surface area contributed by atoms with E-state index in [2.05, 4.69) is 13.8 Å². The van der Waals surface area contributed by atoms with Gasteiger partial charge in [-0.3, -0.25) is 9.59 Å². The van der Waals surface area contributed by atoms with Crippen molar-refractivity contribution in [2.75, 3.05) is 26.2 Å². The quantitative estimate of drug-likeness (QED) is 0.564. The lowest BCUT2D eigenvalue weighted by Crippen LogP contribution is -2.37. The Bertz CT molecular complexity index is 835. The molecule has 0 spiro atoms. The first-order valence-electron chi connectivity index (χ1n) is 12.0. The number of benzene rings is 2. The maximum atomic E-state index is 13.0. The summed E-state index contributed by atoms with van der Waals surface area (Å²) in [5.41, 5.74) is 1.28. The summed E-state index contributed by atoms with van der Waals surface area (Å²) in [6.45, 7) is 10.5. The van der Waals surface area contributed by atoms with Crippen molar-refractivity contribution in [3.63, 3.8) is 0 Å². The van der Waals surface area contributed by atoms with Gasteiger partial charge in [-0.05, 0) is 81.6 Å². The van der Waals surface area contributed by atoms with Gasteiger partial charge < -0.3 is 19.3 Å². The highest BCUT2D eigenvalue weighted by Gasteiger charge is 2.23. The predicted molar refractivity (Wildman–Crippen MR) is 130 cm³/mol. The minimum atomic E-state index is -0.00839. The van der Waals surface area contributed by atoms with E-state index < -0.39 is 0 Å². The van der Waals surface area contributed by atoms with E-state index in [1.165, 1.54) is 0 Å². The van der Waals surface area contributed by atoms with Gasteiger partial charge in [0.15, 0.2) is 0 Å². The van der Waals surface area contributed by atoms with Crippen molar-refractivity contribution in [2.24, 2.45) is 0 Å². The largest absolute Gasteiger partial charge is 0.491 e. The van der Waals surface area contributed by atoms with Gasteiger partial charge in [0.1, 0.15) is 11.5 Å². The average Bonchev–Trinajstić information content (AvgIpc) is 3.10. The SMILES string of the molecule is CCC(C)Oc1ccc(C(=O)N2CCCN(C(=O)c3ccc(OC(C)CC)cc3)CC2)cc1. The fourth-order valence-corrected chi connectivity index (χ4v) is 3.67. The number of ether oxygens (including phenoxy) is 2. The molecule has 0 aliphatic carbocycles. The van der Waals surface area contributed by atoms with E-state index in [-0.39, 0.29) is 24.0 Å². The van der Waals surface area contributed by atoms with Crippen LogP contribution in [0.25, 0.3) is 0 Å². The van der Waals surface area contributed by atoms with Crippen LogP contribution in [0.15, 0.2) is 48.5 Å². The van der Waals surface area contributed by atoms with Crippen LogP contribution in [0.2, 0.25) is 0 Å². The maximum Gasteiger partial charge on any atom is 0.253 e. The molecular formula is C27H36N2O4. The van der Waals surface area contributed by atoms with Gasteiger partial charge in [0, 0.05) is 37.3 Å². The van der Waals surface area contributed by atoms with E-state index in [4.69, 9.17) is 9.47 Å². The molecule has 6 nitrogen and oxygen atoms in total. The molecule has 3 rings (SSSR count). The van der Waals surface area contributed by atoms with Crippen LogP contribution in [0.1, 0.15) is 67.7 Å². The van der Waals surface area contributed by atoms with Crippen molar-refractivity contribution in [3.8, 4) is 11.5 Å². The van der Waals surface area contributed by atoms with E-state index in [0.29, 0.717) is 37.3 Å². The first-order valence-corrected chi connectivity index (χ1v) is 12.0. The van der Waals surface area contributed by atoms with Crippen LogP contribution in [0.4, 0.5) is 0 Å². The third kappa shape index (κ3) is 6.73. The fourth-order valence-electron chi connectivity index (χ4n) is 3.67. The topological polar surface area (TPSA) is 59.1 Å². The van der Waals surface area contributed by atoms with Crippen LogP contribution in [-0.4, -0.2) is 60.0 Å². The van der Waals surface area contributed by atoms with Gasteiger partial charge in [-0.2, -0.15) is 0 Å². The summed E-state index contributed by atoms with van der Waals surface area (Å²) in [6, 6.07) is 14.7. The lowest BCUT2D eigenvalue weighted by Gasteiger charge is -2.22. The van der Waals surface area contributed by atoms with Crippen molar-refractivity contribution in [2.45, 2.75) is 59.2 Å². The lowest BCUT2D eigenvalue weighted by molar-refractivity contribution is 0.0718. The molecule has 6 heteroatoms. The van der Waals surface area contributed by atoms with Crippen molar-refractivity contribution in [1.29, 1.82) is 0 Å². The highest BCUT2D eigenvalue weighted by atomic mass is 16.5.